The van der Waals surface area contributed by atoms with Crippen LogP contribution in [-0.2, 0) is 10.0 Å². The molecule has 1 atom stereocenters. The van der Waals surface area contributed by atoms with Gasteiger partial charge in [-0.05, 0) is 37.3 Å². The van der Waals surface area contributed by atoms with Gasteiger partial charge >= 0.3 is 0 Å². The average Bonchev–Trinajstić information content (AvgIpc) is 2.54. The van der Waals surface area contributed by atoms with Gasteiger partial charge in [0.1, 0.15) is 11.9 Å². The number of ether oxygens (including phenoxy) is 1. The highest BCUT2D eigenvalue weighted by molar-refractivity contribution is 7.92. The third-order valence-electron chi connectivity index (χ3n) is 3.63. The van der Waals surface area contributed by atoms with Gasteiger partial charge in [-0.3, -0.25) is 4.31 Å². The van der Waals surface area contributed by atoms with Crippen molar-refractivity contribution >= 4 is 15.7 Å². The lowest BCUT2D eigenvalue weighted by Gasteiger charge is -2.34. The van der Waals surface area contributed by atoms with Crippen molar-refractivity contribution in [1.29, 1.82) is 0 Å². The van der Waals surface area contributed by atoms with Gasteiger partial charge in [0.2, 0.25) is 0 Å². The smallest absolute Gasteiger partial charge is 0.264 e. The largest absolute Gasteiger partial charge is 0.482 e. The molecule has 0 aromatic heterocycles. The van der Waals surface area contributed by atoms with Crippen LogP contribution in [0, 0.1) is 6.92 Å². The molecule has 1 heterocycles. The van der Waals surface area contributed by atoms with Gasteiger partial charge in [-0.1, -0.05) is 36.4 Å². The predicted octanol–water partition coefficient (Wildman–Crippen LogP) is 3.14. The number of benzene rings is 2. The summed E-state index contributed by atoms with van der Waals surface area (Å²) < 4.78 is 33.0. The van der Waals surface area contributed by atoms with Crippen LogP contribution >= 0.6 is 0 Å². The van der Waals surface area contributed by atoms with E-state index in [1.54, 1.807) is 48.5 Å². The summed E-state index contributed by atoms with van der Waals surface area (Å²) in [5.41, 5.74) is 1.58. The van der Waals surface area contributed by atoms with E-state index in [0.29, 0.717) is 11.4 Å². The van der Waals surface area contributed by atoms with Crippen LogP contribution in [0.5, 0.6) is 5.75 Å². The summed E-state index contributed by atoms with van der Waals surface area (Å²) in [6, 6.07) is 14.0. The summed E-state index contributed by atoms with van der Waals surface area (Å²) in [5.74, 6) is 0.550. The van der Waals surface area contributed by atoms with Crippen LogP contribution in [0.15, 0.2) is 66.1 Å². The minimum atomic E-state index is -3.63. The van der Waals surface area contributed by atoms with E-state index < -0.39 is 10.0 Å². The van der Waals surface area contributed by atoms with Crippen molar-refractivity contribution in [1.82, 2.24) is 0 Å². The second kappa shape index (κ2) is 5.50. The van der Waals surface area contributed by atoms with E-state index >= 15 is 0 Å². The van der Waals surface area contributed by atoms with Crippen LogP contribution in [0.25, 0.3) is 0 Å². The highest BCUT2D eigenvalue weighted by Gasteiger charge is 2.33. The molecule has 114 valence electrons. The number of fused-ring (bicyclic) bond motifs is 1. The van der Waals surface area contributed by atoms with Gasteiger partial charge in [0, 0.05) is 0 Å². The molecule has 0 spiro atoms. The van der Waals surface area contributed by atoms with Crippen molar-refractivity contribution in [3.63, 3.8) is 0 Å². The Balaban J connectivity index is 2.09. The number of anilines is 1. The highest BCUT2D eigenvalue weighted by atomic mass is 32.2. The van der Waals surface area contributed by atoms with Crippen molar-refractivity contribution in [2.24, 2.45) is 0 Å². The zero-order valence-corrected chi connectivity index (χ0v) is 13.1. The van der Waals surface area contributed by atoms with E-state index in [0.717, 1.165) is 5.56 Å². The molecule has 0 fully saturated rings. The maximum Gasteiger partial charge on any atom is 0.264 e. The Morgan fingerprint density at radius 1 is 1.18 bits per heavy atom. The first-order chi connectivity index (χ1) is 10.5. The van der Waals surface area contributed by atoms with E-state index in [-0.39, 0.29) is 17.5 Å². The standard InChI is InChI=1S/C17H17NO3S/c1-3-14-12-18(16-6-4-5-7-17(16)21-14)22(19,20)15-10-8-13(2)9-11-15/h3-11,14H,1,12H2,2H3. The Morgan fingerprint density at radius 2 is 1.86 bits per heavy atom. The lowest BCUT2D eigenvalue weighted by atomic mass is 10.2. The van der Waals surface area contributed by atoms with Crippen molar-refractivity contribution in [2.45, 2.75) is 17.9 Å². The van der Waals surface area contributed by atoms with Gasteiger partial charge in [-0.15, -0.1) is 0 Å². The first-order valence-corrected chi connectivity index (χ1v) is 8.44. The highest BCUT2D eigenvalue weighted by Crippen LogP contribution is 2.36. The molecule has 4 nitrogen and oxygen atoms in total. The van der Waals surface area contributed by atoms with Crippen LogP contribution in [0.1, 0.15) is 5.56 Å². The molecule has 22 heavy (non-hydrogen) atoms. The van der Waals surface area contributed by atoms with Crippen LogP contribution in [0.3, 0.4) is 0 Å². The number of nitrogens with zero attached hydrogens (tertiary/aromatic N) is 1. The molecule has 0 saturated heterocycles. The van der Waals surface area contributed by atoms with Crippen LogP contribution in [-0.4, -0.2) is 21.1 Å². The van der Waals surface area contributed by atoms with E-state index in [1.807, 2.05) is 13.0 Å². The fourth-order valence-electron chi connectivity index (χ4n) is 2.41. The van der Waals surface area contributed by atoms with E-state index in [9.17, 15) is 8.42 Å². The lowest BCUT2D eigenvalue weighted by Crippen LogP contribution is -2.42. The summed E-state index contributed by atoms with van der Waals surface area (Å²) in [4.78, 5) is 0.276. The number of rotatable bonds is 3. The van der Waals surface area contributed by atoms with Crippen LogP contribution in [0.2, 0.25) is 0 Å². The normalized spacial score (nSPS) is 17.5. The van der Waals surface area contributed by atoms with Gasteiger partial charge in [0.25, 0.3) is 10.0 Å². The molecule has 3 rings (SSSR count). The number of hydrogen-bond acceptors (Lipinski definition) is 3. The second-order valence-electron chi connectivity index (χ2n) is 5.21. The SMILES string of the molecule is C=CC1CN(S(=O)(=O)c2ccc(C)cc2)c2ccccc2O1. The van der Waals surface area contributed by atoms with Gasteiger partial charge in [0.15, 0.2) is 0 Å². The summed E-state index contributed by atoms with van der Waals surface area (Å²) in [5, 5.41) is 0. The van der Waals surface area contributed by atoms with E-state index in [2.05, 4.69) is 6.58 Å². The molecule has 5 heteroatoms. The second-order valence-corrected chi connectivity index (χ2v) is 7.07. The number of hydrogen-bond donors (Lipinski definition) is 0. The van der Waals surface area contributed by atoms with Crippen molar-refractivity contribution < 1.29 is 13.2 Å². The maximum absolute atomic E-state index is 13.0. The monoisotopic (exact) mass is 315 g/mol. The Morgan fingerprint density at radius 3 is 2.55 bits per heavy atom. The first-order valence-electron chi connectivity index (χ1n) is 7.00. The zero-order valence-electron chi connectivity index (χ0n) is 12.3. The zero-order chi connectivity index (χ0) is 15.7. The molecule has 1 aliphatic rings. The topological polar surface area (TPSA) is 46.6 Å². The van der Waals surface area contributed by atoms with Crippen LogP contribution in [0.4, 0.5) is 5.69 Å². The number of para-hydroxylation sites is 2. The lowest BCUT2D eigenvalue weighted by molar-refractivity contribution is 0.246. The fourth-order valence-corrected chi connectivity index (χ4v) is 3.90. The Hall–Kier alpha value is -2.27. The molecule has 0 radical (unpaired) electrons. The number of aryl methyl sites for hydroxylation is 1. The average molecular weight is 315 g/mol. The van der Waals surface area contributed by atoms with Crippen molar-refractivity contribution in [3.8, 4) is 5.75 Å². The van der Waals surface area contributed by atoms with E-state index in [1.165, 1.54) is 4.31 Å². The molecule has 2 aromatic carbocycles. The molecular formula is C17H17NO3S. The molecule has 0 amide bonds. The maximum atomic E-state index is 13.0. The Kier molecular flexibility index (Phi) is 3.66. The summed E-state index contributed by atoms with van der Waals surface area (Å²) in [6.45, 7) is 5.86. The first kappa shape index (κ1) is 14.7. The molecule has 0 saturated carbocycles. The van der Waals surface area contributed by atoms with Crippen LogP contribution < -0.4 is 9.04 Å². The molecule has 2 aromatic rings. The fraction of sp³-hybridized carbons (Fsp3) is 0.176. The molecule has 0 N–H and O–H groups in total. The summed E-state index contributed by atoms with van der Waals surface area (Å²) >= 11 is 0. The summed E-state index contributed by atoms with van der Waals surface area (Å²) in [7, 11) is -3.63. The quantitative estimate of drug-likeness (QED) is 0.818. The van der Waals surface area contributed by atoms with Gasteiger partial charge < -0.3 is 4.74 Å². The predicted molar refractivity (Wildman–Crippen MR) is 86.8 cm³/mol. The molecule has 0 aliphatic carbocycles. The molecule has 0 bridgehead atoms. The minimum absolute atomic E-state index is 0.219. The summed E-state index contributed by atoms with van der Waals surface area (Å²) in [6.07, 6.45) is 1.25. The molecule has 1 aliphatic heterocycles. The van der Waals surface area contributed by atoms with Crippen molar-refractivity contribution in [2.75, 3.05) is 10.8 Å². The van der Waals surface area contributed by atoms with E-state index in [4.69, 9.17) is 4.74 Å². The number of sulfonamides is 1. The third kappa shape index (κ3) is 2.48. The Bertz CT molecular complexity index is 797. The third-order valence-corrected chi connectivity index (χ3v) is 5.42. The van der Waals surface area contributed by atoms with Crippen molar-refractivity contribution in [3.05, 3.63) is 66.7 Å². The molecule has 1 unspecified atom stereocenters. The van der Waals surface area contributed by atoms with Gasteiger partial charge in [-0.2, -0.15) is 0 Å². The Labute approximate surface area is 130 Å². The van der Waals surface area contributed by atoms with Gasteiger partial charge in [0.05, 0.1) is 17.1 Å². The molecular weight excluding hydrogens is 298 g/mol. The van der Waals surface area contributed by atoms with Gasteiger partial charge in [-0.25, -0.2) is 8.42 Å². The minimum Gasteiger partial charge on any atom is -0.482 e.